The molecule has 7 nitrogen and oxygen atoms in total. The minimum Gasteiger partial charge on any atom is -0.398 e. The summed E-state index contributed by atoms with van der Waals surface area (Å²) in [5, 5.41) is 1.66. The Bertz CT molecular complexity index is 1790. The van der Waals surface area contributed by atoms with Crippen LogP contribution in [0.5, 0.6) is 0 Å². The lowest BCUT2D eigenvalue weighted by Crippen LogP contribution is -2.18. The summed E-state index contributed by atoms with van der Waals surface area (Å²) in [6, 6.07) is 22.1. The third-order valence-corrected chi connectivity index (χ3v) is 7.87. The highest BCUT2D eigenvalue weighted by Gasteiger charge is 2.13. The largest absolute Gasteiger partial charge is 0.398 e. The van der Waals surface area contributed by atoms with Crippen LogP contribution in [-0.4, -0.2) is 23.7 Å². The fourth-order valence-corrected chi connectivity index (χ4v) is 5.68. The molecule has 0 fully saturated rings. The Morgan fingerprint density at radius 1 is 0.946 bits per heavy atom. The third-order valence-electron chi connectivity index (χ3n) is 6.50. The number of rotatable bonds is 7. The van der Waals surface area contributed by atoms with Crippen LogP contribution in [0.1, 0.15) is 25.3 Å². The molecule has 8 heteroatoms. The van der Waals surface area contributed by atoms with Crippen molar-refractivity contribution in [3.63, 3.8) is 0 Å². The second-order valence-corrected chi connectivity index (χ2v) is 11.0. The molecule has 0 atom stereocenters. The van der Waals surface area contributed by atoms with Gasteiger partial charge in [-0.3, -0.25) is 19.1 Å². The van der Waals surface area contributed by atoms with Crippen LogP contribution in [0, 0.1) is 6.92 Å². The molecule has 0 radical (unpaired) electrons. The molecule has 3 aromatic carbocycles. The van der Waals surface area contributed by atoms with E-state index in [1.54, 1.807) is 29.0 Å². The van der Waals surface area contributed by atoms with Crippen molar-refractivity contribution >= 4 is 43.2 Å². The third kappa shape index (κ3) is 4.93. The van der Waals surface area contributed by atoms with Gasteiger partial charge in [0.1, 0.15) is 0 Å². The standard InChI is InChI=1S/C29H28N4O3S/c1-3-4-15-37(35,36)32-23-10-6-20(7-11-23)21-8-13-27-25(16-21)29-22(18-31-27)9-14-28(34)33(29)24-12-5-19(2)26(30)17-24/h5-14,16-18,32H,3-4,15,30H2,1-2H3. The Morgan fingerprint density at radius 2 is 1.70 bits per heavy atom. The van der Waals surface area contributed by atoms with Gasteiger partial charge in [-0.1, -0.05) is 37.6 Å². The van der Waals surface area contributed by atoms with Gasteiger partial charge in [-0.2, -0.15) is 0 Å². The van der Waals surface area contributed by atoms with E-state index in [9.17, 15) is 13.2 Å². The van der Waals surface area contributed by atoms with Crippen LogP contribution in [-0.2, 0) is 10.0 Å². The number of pyridine rings is 2. The molecule has 3 N–H and O–H groups in total. The van der Waals surface area contributed by atoms with Crippen LogP contribution in [0.15, 0.2) is 83.8 Å². The summed E-state index contributed by atoms with van der Waals surface area (Å²) in [6.45, 7) is 3.89. The van der Waals surface area contributed by atoms with Gasteiger partial charge < -0.3 is 5.73 Å². The molecule has 0 aliphatic carbocycles. The first-order chi connectivity index (χ1) is 17.8. The van der Waals surface area contributed by atoms with Crippen molar-refractivity contribution in [1.29, 1.82) is 0 Å². The zero-order valence-corrected chi connectivity index (χ0v) is 21.5. The van der Waals surface area contributed by atoms with Crippen LogP contribution in [0.2, 0.25) is 0 Å². The molecular weight excluding hydrogens is 484 g/mol. The summed E-state index contributed by atoms with van der Waals surface area (Å²) in [5.41, 5.74) is 12.1. The van der Waals surface area contributed by atoms with Crippen LogP contribution in [0.3, 0.4) is 0 Å². The lowest BCUT2D eigenvalue weighted by Gasteiger charge is -2.14. The van der Waals surface area contributed by atoms with E-state index < -0.39 is 10.0 Å². The normalized spacial score (nSPS) is 11.7. The molecule has 2 heterocycles. The SMILES string of the molecule is CCCCS(=O)(=O)Nc1ccc(-c2ccc3ncc4ccc(=O)n(-c5ccc(C)c(N)c5)c4c3c2)cc1. The summed E-state index contributed by atoms with van der Waals surface area (Å²) in [7, 11) is -3.37. The highest BCUT2D eigenvalue weighted by molar-refractivity contribution is 7.92. The van der Waals surface area contributed by atoms with Crippen molar-refractivity contribution in [3.8, 4) is 16.8 Å². The van der Waals surface area contributed by atoms with Crippen molar-refractivity contribution in [2.24, 2.45) is 0 Å². The van der Waals surface area contributed by atoms with Crippen LogP contribution in [0.4, 0.5) is 11.4 Å². The number of nitrogens with zero attached hydrogens (tertiary/aromatic N) is 2. The maximum atomic E-state index is 13.1. The summed E-state index contributed by atoms with van der Waals surface area (Å²) in [6.07, 6.45) is 3.20. The number of nitrogens with one attached hydrogen (secondary N) is 1. The highest BCUT2D eigenvalue weighted by Crippen LogP contribution is 2.30. The van der Waals surface area contributed by atoms with E-state index in [4.69, 9.17) is 5.73 Å². The summed E-state index contributed by atoms with van der Waals surface area (Å²) >= 11 is 0. The molecule has 0 unspecified atom stereocenters. The molecule has 0 amide bonds. The first kappa shape index (κ1) is 24.5. The van der Waals surface area contributed by atoms with Gasteiger partial charge in [-0.15, -0.1) is 0 Å². The van der Waals surface area contributed by atoms with Gasteiger partial charge in [0.15, 0.2) is 0 Å². The van der Waals surface area contributed by atoms with Gasteiger partial charge in [-0.05, 0) is 72.5 Å². The molecule has 0 aliphatic heterocycles. The topological polar surface area (TPSA) is 107 Å². The summed E-state index contributed by atoms with van der Waals surface area (Å²) < 4.78 is 28.8. The Hall–Kier alpha value is -4.17. The second kappa shape index (κ2) is 9.71. The highest BCUT2D eigenvalue weighted by atomic mass is 32.2. The number of sulfonamides is 1. The number of benzene rings is 3. The van der Waals surface area contributed by atoms with Gasteiger partial charge in [0.25, 0.3) is 5.56 Å². The Morgan fingerprint density at radius 3 is 2.43 bits per heavy atom. The van der Waals surface area contributed by atoms with Gasteiger partial charge in [0, 0.05) is 34.4 Å². The monoisotopic (exact) mass is 512 g/mol. The van der Waals surface area contributed by atoms with E-state index in [0.29, 0.717) is 23.5 Å². The zero-order chi connectivity index (χ0) is 26.2. The first-order valence-corrected chi connectivity index (χ1v) is 13.8. The first-order valence-electron chi connectivity index (χ1n) is 12.2. The van der Waals surface area contributed by atoms with Crippen molar-refractivity contribution in [2.75, 3.05) is 16.2 Å². The summed E-state index contributed by atoms with van der Waals surface area (Å²) in [4.78, 5) is 17.7. The molecule has 5 aromatic rings. The zero-order valence-electron chi connectivity index (χ0n) is 20.7. The number of nitrogen functional groups attached to an aromatic ring is 1. The number of hydrogen-bond donors (Lipinski definition) is 2. The lowest BCUT2D eigenvalue weighted by atomic mass is 10.0. The average molecular weight is 513 g/mol. The van der Waals surface area contributed by atoms with Crippen molar-refractivity contribution in [3.05, 3.63) is 94.9 Å². The maximum Gasteiger partial charge on any atom is 0.255 e. The predicted octanol–water partition coefficient (Wildman–Crippen LogP) is 5.64. The van der Waals surface area contributed by atoms with Crippen LogP contribution in [0.25, 0.3) is 38.6 Å². The van der Waals surface area contributed by atoms with Gasteiger partial charge >= 0.3 is 0 Å². The van der Waals surface area contributed by atoms with E-state index in [1.165, 1.54) is 6.07 Å². The van der Waals surface area contributed by atoms with Crippen molar-refractivity contribution in [1.82, 2.24) is 9.55 Å². The van der Waals surface area contributed by atoms with Crippen molar-refractivity contribution in [2.45, 2.75) is 26.7 Å². The number of fused-ring (bicyclic) bond motifs is 3. The molecule has 0 saturated carbocycles. The van der Waals surface area contributed by atoms with Gasteiger partial charge in [-0.25, -0.2) is 8.42 Å². The maximum absolute atomic E-state index is 13.1. The quantitative estimate of drug-likeness (QED) is 0.217. The number of nitrogens with two attached hydrogens (primary N) is 1. The smallest absolute Gasteiger partial charge is 0.255 e. The van der Waals surface area contributed by atoms with Gasteiger partial charge in [0.2, 0.25) is 10.0 Å². The molecule has 188 valence electrons. The average Bonchev–Trinajstić information content (AvgIpc) is 2.89. The van der Waals surface area contributed by atoms with E-state index >= 15 is 0 Å². The number of unbranched alkanes of at least 4 members (excludes halogenated alkanes) is 1. The number of hydrogen-bond acceptors (Lipinski definition) is 5. The molecule has 0 saturated heterocycles. The molecular formula is C29H28N4O3S. The van der Waals surface area contributed by atoms with E-state index in [1.807, 2.05) is 62.4 Å². The van der Waals surface area contributed by atoms with E-state index in [-0.39, 0.29) is 11.3 Å². The minimum atomic E-state index is -3.37. The fraction of sp³-hybridized carbons (Fsp3) is 0.172. The fourth-order valence-electron chi connectivity index (χ4n) is 4.41. The Balaban J connectivity index is 1.61. The van der Waals surface area contributed by atoms with Crippen LogP contribution < -0.4 is 16.0 Å². The van der Waals surface area contributed by atoms with E-state index in [2.05, 4.69) is 9.71 Å². The van der Waals surface area contributed by atoms with E-state index in [0.717, 1.165) is 44.9 Å². The molecule has 2 aromatic heterocycles. The number of anilines is 2. The lowest BCUT2D eigenvalue weighted by molar-refractivity contribution is 0.598. The Labute approximate surface area is 215 Å². The Kier molecular flexibility index (Phi) is 6.43. The minimum absolute atomic E-state index is 0.102. The predicted molar refractivity (Wildman–Crippen MR) is 152 cm³/mol. The molecule has 0 aliphatic rings. The number of aromatic nitrogens is 2. The van der Waals surface area contributed by atoms with Gasteiger partial charge in [0.05, 0.1) is 22.5 Å². The molecule has 5 rings (SSSR count). The molecule has 37 heavy (non-hydrogen) atoms. The second-order valence-electron chi connectivity index (χ2n) is 9.19. The van der Waals surface area contributed by atoms with Crippen molar-refractivity contribution < 1.29 is 8.42 Å². The van der Waals surface area contributed by atoms with Crippen LogP contribution >= 0.6 is 0 Å². The number of aryl methyl sites for hydroxylation is 1. The summed E-state index contributed by atoms with van der Waals surface area (Å²) in [5.74, 6) is 0.102. The molecule has 0 spiro atoms. The molecule has 0 bridgehead atoms.